The van der Waals surface area contributed by atoms with Gasteiger partial charge in [0, 0.05) is 11.2 Å². The fourth-order valence-corrected chi connectivity index (χ4v) is 2.98. The van der Waals surface area contributed by atoms with E-state index in [1.807, 2.05) is 31.2 Å². The predicted octanol–water partition coefficient (Wildman–Crippen LogP) is 3.77. The van der Waals surface area contributed by atoms with Gasteiger partial charge in [-0.3, -0.25) is 10.1 Å². The molecule has 0 unspecified atom stereocenters. The smallest absolute Gasteiger partial charge is 0.276 e. The Balaban J connectivity index is 1.39. The van der Waals surface area contributed by atoms with Crippen molar-refractivity contribution in [1.82, 2.24) is 24.5 Å². The molecule has 30 heavy (non-hydrogen) atoms. The Morgan fingerprint density at radius 2 is 1.93 bits per heavy atom. The van der Waals surface area contributed by atoms with Gasteiger partial charge in [0.25, 0.3) is 5.91 Å². The zero-order valence-corrected chi connectivity index (χ0v) is 17.0. The fraction of sp³-hybridized carbons (Fsp3) is 0.143. The van der Waals surface area contributed by atoms with Gasteiger partial charge in [0.1, 0.15) is 17.8 Å². The Morgan fingerprint density at radius 1 is 1.13 bits per heavy atom. The van der Waals surface area contributed by atoms with E-state index >= 15 is 0 Å². The normalized spacial score (nSPS) is 10.7. The summed E-state index contributed by atoms with van der Waals surface area (Å²) >= 11 is 5.87. The highest BCUT2D eigenvalue weighted by atomic mass is 35.5. The summed E-state index contributed by atoms with van der Waals surface area (Å²) in [5, 5.41) is 11.8. The number of aryl methyl sites for hydroxylation is 1. The molecule has 0 spiro atoms. The van der Waals surface area contributed by atoms with Gasteiger partial charge in [-0.25, -0.2) is 14.3 Å². The van der Waals surface area contributed by atoms with Gasteiger partial charge in [-0.15, -0.1) is 5.10 Å². The minimum absolute atomic E-state index is 0.0759. The molecule has 4 rings (SSSR count). The van der Waals surface area contributed by atoms with Gasteiger partial charge in [-0.1, -0.05) is 35.9 Å². The zero-order valence-electron chi connectivity index (χ0n) is 16.2. The number of anilines is 1. The van der Waals surface area contributed by atoms with Crippen LogP contribution in [0.5, 0.6) is 5.75 Å². The molecule has 2 aromatic heterocycles. The molecule has 0 saturated carbocycles. The molecule has 0 saturated heterocycles. The lowest BCUT2D eigenvalue weighted by Crippen LogP contribution is -2.20. The van der Waals surface area contributed by atoms with E-state index in [2.05, 4.69) is 20.5 Å². The number of halogens is 1. The summed E-state index contributed by atoms with van der Waals surface area (Å²) in [5.41, 5.74) is 2.64. The summed E-state index contributed by atoms with van der Waals surface area (Å²) in [6.45, 7) is 2.69. The summed E-state index contributed by atoms with van der Waals surface area (Å²) in [5.74, 6) is 0.471. The first kappa shape index (κ1) is 19.7. The van der Waals surface area contributed by atoms with Crippen molar-refractivity contribution in [2.75, 3.05) is 5.32 Å². The number of hydrogen-bond acceptors (Lipinski definition) is 5. The number of amides is 1. The van der Waals surface area contributed by atoms with Crippen molar-refractivity contribution in [2.45, 2.75) is 20.2 Å². The molecule has 1 N–H and O–H groups in total. The van der Waals surface area contributed by atoms with Crippen LogP contribution in [-0.2, 0) is 13.3 Å². The molecule has 8 nitrogen and oxygen atoms in total. The fourth-order valence-electron chi connectivity index (χ4n) is 2.85. The van der Waals surface area contributed by atoms with Crippen molar-refractivity contribution in [2.24, 2.45) is 0 Å². The van der Waals surface area contributed by atoms with Crippen LogP contribution >= 0.6 is 11.6 Å². The molecule has 9 heteroatoms. The Kier molecular flexibility index (Phi) is 5.76. The number of benzene rings is 2. The molecule has 0 aliphatic heterocycles. The van der Waals surface area contributed by atoms with E-state index in [0.29, 0.717) is 23.0 Å². The second kappa shape index (κ2) is 8.79. The topological polar surface area (TPSA) is 86.9 Å². The number of ether oxygens (including phenoxy) is 1. The molecule has 0 atom stereocenters. The third-order valence-corrected chi connectivity index (χ3v) is 4.72. The van der Waals surface area contributed by atoms with Gasteiger partial charge in [-0.2, -0.15) is 5.10 Å². The number of nitrogens with zero attached hydrogens (tertiary/aromatic N) is 5. The lowest BCUT2D eigenvalue weighted by molar-refractivity contribution is 0.100. The van der Waals surface area contributed by atoms with Crippen molar-refractivity contribution < 1.29 is 9.53 Å². The number of carbonyl (C=O) groups is 1. The number of aromatic nitrogens is 5. The number of hydrogen-bond donors (Lipinski definition) is 1. The standard InChI is InChI=1S/C21H19ClN6O2/c1-15-4-2-3-5-16(15)12-27-13-23-21(26-27)25-20(29)19-10-11-24-28(19)14-30-18-8-6-17(22)7-9-18/h2-11,13H,12,14H2,1H3,(H,25,26,29). The molecule has 1 amide bonds. The average Bonchev–Trinajstić information content (AvgIpc) is 3.39. The Hall–Kier alpha value is -3.65. The lowest BCUT2D eigenvalue weighted by Gasteiger charge is -2.09. The van der Waals surface area contributed by atoms with Gasteiger partial charge < -0.3 is 4.74 Å². The van der Waals surface area contributed by atoms with Crippen molar-refractivity contribution in [3.63, 3.8) is 0 Å². The maximum atomic E-state index is 12.6. The highest BCUT2D eigenvalue weighted by molar-refractivity contribution is 6.30. The average molecular weight is 423 g/mol. The first-order valence-corrected chi connectivity index (χ1v) is 9.62. The third kappa shape index (κ3) is 4.66. The van der Waals surface area contributed by atoms with Gasteiger partial charge in [0.05, 0.1) is 6.54 Å². The number of nitrogens with one attached hydrogen (secondary N) is 1. The Bertz CT molecular complexity index is 1150. The quantitative estimate of drug-likeness (QED) is 0.490. The summed E-state index contributed by atoms with van der Waals surface area (Å²) < 4.78 is 8.79. The van der Waals surface area contributed by atoms with Crippen molar-refractivity contribution in [3.8, 4) is 5.75 Å². The van der Waals surface area contributed by atoms with Crippen LogP contribution in [0.2, 0.25) is 5.02 Å². The molecular formula is C21H19ClN6O2. The molecule has 0 radical (unpaired) electrons. The molecule has 0 fully saturated rings. The monoisotopic (exact) mass is 422 g/mol. The van der Waals surface area contributed by atoms with Crippen LogP contribution in [0.15, 0.2) is 67.1 Å². The van der Waals surface area contributed by atoms with Crippen LogP contribution in [-0.4, -0.2) is 30.5 Å². The summed E-state index contributed by atoms with van der Waals surface area (Å²) in [7, 11) is 0. The van der Waals surface area contributed by atoms with E-state index < -0.39 is 0 Å². The maximum Gasteiger partial charge on any atom is 0.276 e. The van der Waals surface area contributed by atoms with Crippen molar-refractivity contribution in [3.05, 3.63) is 89.0 Å². The molecule has 2 heterocycles. The summed E-state index contributed by atoms with van der Waals surface area (Å²) in [6, 6.07) is 16.6. The number of rotatable bonds is 7. The van der Waals surface area contributed by atoms with Crippen LogP contribution in [0.1, 0.15) is 21.6 Å². The summed E-state index contributed by atoms with van der Waals surface area (Å²) in [6.07, 6.45) is 3.12. The van der Waals surface area contributed by atoms with Crippen LogP contribution in [0.4, 0.5) is 5.95 Å². The second-order valence-electron chi connectivity index (χ2n) is 6.59. The predicted molar refractivity (Wildman–Crippen MR) is 113 cm³/mol. The lowest BCUT2D eigenvalue weighted by atomic mass is 10.1. The minimum Gasteiger partial charge on any atom is -0.471 e. The molecular weight excluding hydrogens is 404 g/mol. The van der Waals surface area contributed by atoms with Gasteiger partial charge >= 0.3 is 0 Å². The van der Waals surface area contributed by atoms with Crippen LogP contribution in [0.3, 0.4) is 0 Å². The Morgan fingerprint density at radius 3 is 2.73 bits per heavy atom. The third-order valence-electron chi connectivity index (χ3n) is 4.47. The Labute approximate surface area is 178 Å². The van der Waals surface area contributed by atoms with Crippen LogP contribution in [0, 0.1) is 6.92 Å². The van der Waals surface area contributed by atoms with Gasteiger partial charge in [0.15, 0.2) is 6.73 Å². The van der Waals surface area contributed by atoms with E-state index in [0.717, 1.165) is 5.56 Å². The molecule has 152 valence electrons. The van der Waals surface area contributed by atoms with E-state index in [1.165, 1.54) is 16.4 Å². The van der Waals surface area contributed by atoms with E-state index in [1.54, 1.807) is 41.3 Å². The second-order valence-corrected chi connectivity index (χ2v) is 7.03. The summed E-state index contributed by atoms with van der Waals surface area (Å²) in [4.78, 5) is 16.8. The molecule has 0 aliphatic carbocycles. The SMILES string of the molecule is Cc1ccccc1Cn1cnc(NC(=O)c2ccnn2COc2ccc(Cl)cc2)n1. The first-order valence-electron chi connectivity index (χ1n) is 9.24. The zero-order chi connectivity index (χ0) is 20.9. The van der Waals surface area contributed by atoms with E-state index in [-0.39, 0.29) is 18.6 Å². The van der Waals surface area contributed by atoms with E-state index in [4.69, 9.17) is 16.3 Å². The largest absolute Gasteiger partial charge is 0.471 e. The van der Waals surface area contributed by atoms with Crippen LogP contribution < -0.4 is 10.1 Å². The van der Waals surface area contributed by atoms with Crippen molar-refractivity contribution in [1.29, 1.82) is 0 Å². The highest BCUT2D eigenvalue weighted by Gasteiger charge is 2.15. The van der Waals surface area contributed by atoms with Gasteiger partial charge in [-0.05, 0) is 48.4 Å². The van der Waals surface area contributed by atoms with E-state index in [9.17, 15) is 4.79 Å². The molecule has 0 bridgehead atoms. The maximum absolute atomic E-state index is 12.6. The molecule has 2 aromatic carbocycles. The first-order chi connectivity index (χ1) is 14.6. The number of carbonyl (C=O) groups excluding carboxylic acids is 1. The molecule has 4 aromatic rings. The van der Waals surface area contributed by atoms with Crippen molar-refractivity contribution >= 4 is 23.5 Å². The van der Waals surface area contributed by atoms with Gasteiger partial charge in [0.2, 0.25) is 5.95 Å². The molecule has 0 aliphatic rings. The van der Waals surface area contributed by atoms with Crippen LogP contribution in [0.25, 0.3) is 0 Å². The highest BCUT2D eigenvalue weighted by Crippen LogP contribution is 2.16. The minimum atomic E-state index is -0.374.